The van der Waals surface area contributed by atoms with Crippen molar-refractivity contribution in [1.82, 2.24) is 5.32 Å². The minimum atomic E-state index is -4.51. The Morgan fingerprint density at radius 1 is 0.927 bits per heavy atom. The Morgan fingerprint density at radius 2 is 1.54 bits per heavy atom. The Balaban J connectivity index is 4.49. The molecule has 3 unspecified atom stereocenters. The van der Waals surface area contributed by atoms with Crippen LogP contribution in [0, 0.1) is 10.8 Å². The molecule has 0 saturated carbocycles. The summed E-state index contributed by atoms with van der Waals surface area (Å²) >= 11 is 4.53. The van der Waals surface area contributed by atoms with E-state index < -0.39 is 30.6 Å². The summed E-state index contributed by atoms with van der Waals surface area (Å²) in [4.78, 5) is 49.5. The van der Waals surface area contributed by atoms with E-state index in [0.29, 0.717) is 29.1 Å². The largest absolute Gasteiger partial charge is 0.756 e. The minimum absolute atomic E-state index is 0.0224. The van der Waals surface area contributed by atoms with Crippen LogP contribution in [-0.2, 0) is 37.5 Å². The normalized spacial score (nSPS) is 15.9. The lowest BCUT2D eigenvalue weighted by molar-refractivity contribution is -0.870. The van der Waals surface area contributed by atoms with Gasteiger partial charge in [0.25, 0.3) is 7.82 Å². The van der Waals surface area contributed by atoms with Crippen molar-refractivity contribution in [2.45, 2.75) is 91.2 Å². The number of hydrogen-bond acceptors (Lipinski definition) is 10. The lowest BCUT2D eigenvalue weighted by Crippen LogP contribution is -2.39. The van der Waals surface area contributed by atoms with Gasteiger partial charge in [-0.05, 0) is 52.9 Å². The lowest BCUT2D eigenvalue weighted by Gasteiger charge is -2.33. The van der Waals surface area contributed by atoms with E-state index in [1.165, 1.54) is 0 Å². The summed E-state index contributed by atoms with van der Waals surface area (Å²) in [5.41, 5.74) is -2.02. The fraction of sp³-hybridized carbons (Fsp3) is 0.893. The van der Waals surface area contributed by atoms with Crippen LogP contribution in [0.4, 0.5) is 0 Å². The quantitative estimate of drug-likeness (QED) is 0.0568. The van der Waals surface area contributed by atoms with Crippen molar-refractivity contribution in [1.29, 1.82) is 0 Å². The predicted molar refractivity (Wildman–Crippen MR) is 160 cm³/mol. The fourth-order valence-corrected chi connectivity index (χ4v) is 5.19. The zero-order chi connectivity index (χ0) is 31.7. The maximum Gasteiger partial charge on any atom is 0.311 e. The van der Waals surface area contributed by atoms with E-state index >= 15 is 0 Å². The molecular weight excluding hydrogens is 571 g/mol. The van der Waals surface area contributed by atoms with Gasteiger partial charge in [0.1, 0.15) is 26.4 Å². The smallest absolute Gasteiger partial charge is 0.311 e. The van der Waals surface area contributed by atoms with Gasteiger partial charge in [0.15, 0.2) is 0 Å². The van der Waals surface area contributed by atoms with Gasteiger partial charge in [0.2, 0.25) is 5.91 Å². The third-order valence-corrected chi connectivity index (χ3v) is 8.22. The number of rotatable bonds is 23. The molecule has 0 aliphatic rings. The SMILES string of the molecule is CCCC(S)CCCCC(=O)NCCOC(=O)C(C)(CC)CC(C)(C)C(=O)OCCOP(=O)([O-])OCC[N+](C)(C)C. The Bertz CT molecular complexity index is 851. The van der Waals surface area contributed by atoms with Gasteiger partial charge in [-0.2, -0.15) is 12.6 Å². The standard InChI is InChI=1S/C28H55N2O9PS/c1-9-13-23(41)14-11-12-15-24(31)29-16-18-36-26(33)28(5,10-2)22-27(3,4)25(32)37-20-21-39-40(34,35)38-19-17-30(6,7)8/h23H,9-22H2,1-8H3,(H2-,29,31,34,35,41). The van der Waals surface area contributed by atoms with Crippen LogP contribution in [0.15, 0.2) is 0 Å². The lowest BCUT2D eigenvalue weighted by atomic mass is 9.72. The fourth-order valence-electron chi connectivity index (χ4n) is 4.07. The monoisotopic (exact) mass is 626 g/mol. The van der Waals surface area contributed by atoms with Crippen LogP contribution >= 0.6 is 20.5 Å². The Hall–Kier alpha value is -1.17. The zero-order valence-electron chi connectivity index (χ0n) is 26.5. The summed E-state index contributed by atoms with van der Waals surface area (Å²) in [6, 6.07) is 0. The maximum atomic E-state index is 12.9. The van der Waals surface area contributed by atoms with Crippen molar-refractivity contribution < 1.29 is 46.8 Å². The molecule has 11 nitrogen and oxygen atoms in total. The number of amides is 1. The molecular formula is C28H55N2O9PS. The summed E-state index contributed by atoms with van der Waals surface area (Å²) < 4.78 is 32.7. The van der Waals surface area contributed by atoms with Gasteiger partial charge in [0, 0.05) is 11.7 Å². The molecule has 242 valence electrons. The molecule has 0 bridgehead atoms. The minimum Gasteiger partial charge on any atom is -0.756 e. The molecule has 0 aromatic carbocycles. The van der Waals surface area contributed by atoms with Gasteiger partial charge in [-0.15, -0.1) is 0 Å². The summed E-state index contributed by atoms with van der Waals surface area (Å²) in [5.74, 6) is -1.14. The number of phosphoric ester groups is 1. The van der Waals surface area contributed by atoms with E-state index in [1.54, 1.807) is 20.8 Å². The van der Waals surface area contributed by atoms with E-state index in [0.717, 1.165) is 32.1 Å². The second-order valence-corrected chi connectivity index (χ2v) is 14.6. The number of esters is 2. The molecule has 0 radical (unpaired) electrons. The van der Waals surface area contributed by atoms with E-state index in [1.807, 2.05) is 28.1 Å². The molecule has 3 atom stereocenters. The summed E-state index contributed by atoms with van der Waals surface area (Å²) in [6.45, 7) is 9.03. The molecule has 0 saturated heterocycles. The number of quaternary nitrogens is 1. The first-order valence-electron chi connectivity index (χ1n) is 14.6. The van der Waals surface area contributed by atoms with E-state index in [4.69, 9.17) is 18.5 Å². The number of thiol groups is 1. The molecule has 0 aromatic rings. The highest BCUT2D eigenvalue weighted by molar-refractivity contribution is 7.80. The van der Waals surface area contributed by atoms with Gasteiger partial charge in [-0.1, -0.05) is 26.7 Å². The molecule has 0 heterocycles. The second kappa shape index (κ2) is 19.2. The molecule has 0 aliphatic carbocycles. The first-order valence-corrected chi connectivity index (χ1v) is 16.5. The topological polar surface area (TPSA) is 140 Å². The van der Waals surface area contributed by atoms with E-state index in [2.05, 4.69) is 24.9 Å². The number of nitrogens with one attached hydrogen (secondary N) is 1. The highest BCUT2D eigenvalue weighted by atomic mass is 32.1. The average molecular weight is 627 g/mol. The van der Waals surface area contributed by atoms with Crippen LogP contribution < -0.4 is 10.2 Å². The van der Waals surface area contributed by atoms with Crippen molar-refractivity contribution in [2.24, 2.45) is 10.8 Å². The first-order chi connectivity index (χ1) is 18.9. The molecule has 1 N–H and O–H groups in total. The number of hydrogen-bond donors (Lipinski definition) is 2. The number of carbonyl (C=O) groups excluding carboxylic acids is 3. The van der Waals surface area contributed by atoms with Crippen molar-refractivity contribution in [3.05, 3.63) is 0 Å². The zero-order valence-corrected chi connectivity index (χ0v) is 28.3. The maximum absolute atomic E-state index is 12.9. The Morgan fingerprint density at radius 3 is 2.12 bits per heavy atom. The highest BCUT2D eigenvalue weighted by Gasteiger charge is 2.43. The predicted octanol–water partition coefficient (Wildman–Crippen LogP) is 3.89. The molecule has 0 aliphatic heterocycles. The van der Waals surface area contributed by atoms with Crippen LogP contribution in [0.3, 0.4) is 0 Å². The van der Waals surface area contributed by atoms with Gasteiger partial charge >= 0.3 is 11.9 Å². The van der Waals surface area contributed by atoms with Crippen LogP contribution in [-0.4, -0.2) is 88.2 Å². The molecule has 1 amide bonds. The van der Waals surface area contributed by atoms with Crippen LogP contribution in [0.2, 0.25) is 0 Å². The van der Waals surface area contributed by atoms with Crippen molar-refractivity contribution >= 4 is 38.3 Å². The number of unbranched alkanes of at least 4 members (excludes halogenated alkanes) is 1. The number of carbonyl (C=O) groups is 3. The van der Waals surface area contributed by atoms with Crippen LogP contribution in [0.5, 0.6) is 0 Å². The number of phosphoric acid groups is 1. The molecule has 0 aromatic heterocycles. The molecule has 0 rings (SSSR count). The summed E-state index contributed by atoms with van der Waals surface area (Å²) in [6.07, 6.45) is 5.90. The highest BCUT2D eigenvalue weighted by Crippen LogP contribution is 2.39. The Kier molecular flexibility index (Phi) is 18.6. The van der Waals surface area contributed by atoms with Crippen LogP contribution in [0.25, 0.3) is 0 Å². The number of ether oxygens (including phenoxy) is 2. The molecule has 13 heteroatoms. The van der Waals surface area contributed by atoms with Crippen molar-refractivity contribution in [2.75, 3.05) is 60.7 Å². The van der Waals surface area contributed by atoms with Crippen molar-refractivity contribution in [3.8, 4) is 0 Å². The second-order valence-electron chi connectivity index (χ2n) is 12.4. The summed E-state index contributed by atoms with van der Waals surface area (Å²) in [7, 11) is 1.21. The van der Waals surface area contributed by atoms with Crippen molar-refractivity contribution in [3.63, 3.8) is 0 Å². The molecule has 0 spiro atoms. The third kappa shape index (κ3) is 18.9. The van der Waals surface area contributed by atoms with E-state index in [-0.39, 0.29) is 45.3 Å². The number of likely N-dealkylation sites (N-methyl/N-ethyl adjacent to an activating group) is 1. The average Bonchev–Trinajstić information content (AvgIpc) is 2.85. The van der Waals surface area contributed by atoms with E-state index in [9.17, 15) is 23.8 Å². The number of nitrogens with zero attached hydrogens (tertiary/aromatic N) is 1. The third-order valence-electron chi connectivity index (χ3n) is 6.71. The van der Waals surface area contributed by atoms with Gasteiger partial charge < -0.3 is 33.2 Å². The van der Waals surface area contributed by atoms with Gasteiger partial charge in [-0.3, -0.25) is 18.9 Å². The van der Waals surface area contributed by atoms with Crippen LogP contribution in [0.1, 0.15) is 86.0 Å². The molecule has 0 fully saturated rings. The first kappa shape index (κ1) is 39.8. The van der Waals surface area contributed by atoms with Gasteiger partial charge in [0.05, 0.1) is 45.1 Å². The van der Waals surface area contributed by atoms with Gasteiger partial charge in [-0.25, -0.2) is 0 Å². The summed E-state index contributed by atoms with van der Waals surface area (Å²) in [5, 5.41) is 3.15. The molecule has 41 heavy (non-hydrogen) atoms. The Labute approximate surface area is 253 Å².